The van der Waals surface area contributed by atoms with Gasteiger partial charge in [-0.2, -0.15) is 0 Å². The zero-order chi connectivity index (χ0) is 18.0. The molecular formula is C21H23ClN2O2. The van der Waals surface area contributed by atoms with Gasteiger partial charge in [-0.1, -0.05) is 42.6 Å². The van der Waals surface area contributed by atoms with Gasteiger partial charge in [0.05, 0.1) is 12.0 Å². The summed E-state index contributed by atoms with van der Waals surface area (Å²) in [6.07, 6.45) is 6.59. The zero-order valence-electron chi connectivity index (χ0n) is 14.7. The number of carbonyl (C=O) groups is 1. The maximum atomic E-state index is 13.5. The van der Waals surface area contributed by atoms with E-state index in [1.807, 2.05) is 47.4 Å². The third kappa shape index (κ3) is 3.30. The number of benzene rings is 1. The molecule has 5 heteroatoms. The van der Waals surface area contributed by atoms with Crippen molar-refractivity contribution >= 4 is 17.5 Å². The monoisotopic (exact) mass is 370 g/mol. The lowest BCUT2D eigenvalue weighted by atomic mass is 9.77. The number of halogens is 1. The smallest absolute Gasteiger partial charge is 0.233 e. The van der Waals surface area contributed by atoms with Crippen LogP contribution in [0.2, 0.25) is 5.02 Å². The van der Waals surface area contributed by atoms with Gasteiger partial charge in [0.1, 0.15) is 6.10 Å². The van der Waals surface area contributed by atoms with Crippen molar-refractivity contribution in [1.82, 2.24) is 9.88 Å². The van der Waals surface area contributed by atoms with Gasteiger partial charge in [-0.15, -0.1) is 0 Å². The summed E-state index contributed by atoms with van der Waals surface area (Å²) in [7, 11) is 0. The summed E-state index contributed by atoms with van der Waals surface area (Å²) < 4.78 is 5.95. The van der Waals surface area contributed by atoms with Gasteiger partial charge < -0.3 is 9.64 Å². The molecule has 1 saturated carbocycles. The van der Waals surface area contributed by atoms with Crippen LogP contribution in [0.25, 0.3) is 0 Å². The van der Waals surface area contributed by atoms with Crippen molar-refractivity contribution in [2.45, 2.75) is 43.6 Å². The summed E-state index contributed by atoms with van der Waals surface area (Å²) in [6, 6.07) is 13.5. The van der Waals surface area contributed by atoms with Gasteiger partial charge in [-0.25, -0.2) is 4.98 Å². The first-order valence-corrected chi connectivity index (χ1v) is 9.68. The second-order valence-electron chi connectivity index (χ2n) is 7.24. The van der Waals surface area contributed by atoms with Crippen LogP contribution in [0.3, 0.4) is 0 Å². The summed E-state index contributed by atoms with van der Waals surface area (Å²) in [5.74, 6) is 0.865. The SMILES string of the molecule is O=C(N1CCC(Oc2ccccn2)C1)C1(c2ccc(Cl)cc2)CCCC1. The summed E-state index contributed by atoms with van der Waals surface area (Å²) in [5.41, 5.74) is 0.697. The second kappa shape index (κ2) is 7.28. The Hall–Kier alpha value is -2.07. The van der Waals surface area contributed by atoms with Crippen LogP contribution in [0.1, 0.15) is 37.7 Å². The highest BCUT2D eigenvalue weighted by Gasteiger charge is 2.46. The van der Waals surface area contributed by atoms with E-state index < -0.39 is 5.41 Å². The minimum Gasteiger partial charge on any atom is -0.472 e. The number of amides is 1. The van der Waals surface area contributed by atoms with Gasteiger partial charge in [0, 0.05) is 30.3 Å². The van der Waals surface area contributed by atoms with E-state index in [4.69, 9.17) is 16.3 Å². The highest BCUT2D eigenvalue weighted by molar-refractivity contribution is 6.30. The van der Waals surface area contributed by atoms with Gasteiger partial charge in [0.2, 0.25) is 11.8 Å². The topological polar surface area (TPSA) is 42.4 Å². The Labute approximate surface area is 159 Å². The number of rotatable bonds is 4. The highest BCUT2D eigenvalue weighted by atomic mass is 35.5. The van der Waals surface area contributed by atoms with Crippen LogP contribution in [0, 0.1) is 0 Å². The Morgan fingerprint density at radius 3 is 2.62 bits per heavy atom. The Morgan fingerprint density at radius 1 is 1.15 bits per heavy atom. The average molecular weight is 371 g/mol. The molecule has 1 amide bonds. The zero-order valence-corrected chi connectivity index (χ0v) is 15.5. The number of ether oxygens (including phenoxy) is 1. The molecule has 0 radical (unpaired) electrons. The first-order chi connectivity index (χ1) is 12.7. The predicted octanol–water partition coefficient (Wildman–Crippen LogP) is 4.23. The first-order valence-electron chi connectivity index (χ1n) is 9.30. The second-order valence-corrected chi connectivity index (χ2v) is 7.68. The number of carbonyl (C=O) groups excluding carboxylic acids is 1. The third-order valence-corrected chi connectivity index (χ3v) is 5.87. The van der Waals surface area contributed by atoms with Crippen LogP contribution in [0.15, 0.2) is 48.7 Å². The number of nitrogens with zero attached hydrogens (tertiary/aromatic N) is 2. The summed E-state index contributed by atoms with van der Waals surface area (Å²) in [5, 5.41) is 0.708. The van der Waals surface area contributed by atoms with Crippen LogP contribution < -0.4 is 4.74 Å². The average Bonchev–Trinajstić information content (AvgIpc) is 3.33. The molecule has 1 unspecified atom stereocenters. The van der Waals surface area contributed by atoms with Crippen LogP contribution in [0.4, 0.5) is 0 Å². The molecule has 2 heterocycles. The molecule has 4 nitrogen and oxygen atoms in total. The fourth-order valence-corrected chi connectivity index (χ4v) is 4.40. The molecule has 1 aromatic carbocycles. The Morgan fingerprint density at radius 2 is 1.92 bits per heavy atom. The van der Waals surface area contributed by atoms with E-state index >= 15 is 0 Å². The Bertz CT molecular complexity index is 757. The minimum atomic E-state index is -0.398. The lowest BCUT2D eigenvalue weighted by Crippen LogP contribution is -2.45. The first kappa shape index (κ1) is 17.3. The fraction of sp³-hybridized carbons (Fsp3) is 0.429. The van der Waals surface area contributed by atoms with E-state index in [1.54, 1.807) is 6.20 Å². The lowest BCUT2D eigenvalue weighted by molar-refractivity contribution is -0.136. The largest absolute Gasteiger partial charge is 0.472 e. The van der Waals surface area contributed by atoms with Crippen molar-refractivity contribution in [3.63, 3.8) is 0 Å². The van der Waals surface area contributed by atoms with Crippen molar-refractivity contribution in [2.24, 2.45) is 0 Å². The molecular weight excluding hydrogens is 348 g/mol. The number of pyridine rings is 1. The van der Waals surface area contributed by atoms with Gasteiger partial charge in [-0.3, -0.25) is 4.79 Å². The molecule has 1 aromatic heterocycles. The number of hydrogen-bond donors (Lipinski definition) is 0. The number of hydrogen-bond acceptors (Lipinski definition) is 3. The van der Waals surface area contributed by atoms with Crippen molar-refractivity contribution in [1.29, 1.82) is 0 Å². The highest BCUT2D eigenvalue weighted by Crippen LogP contribution is 2.43. The molecule has 2 aromatic rings. The molecule has 1 saturated heterocycles. The van der Waals surface area contributed by atoms with Crippen LogP contribution in [0.5, 0.6) is 5.88 Å². The van der Waals surface area contributed by atoms with Crippen LogP contribution in [-0.4, -0.2) is 35.0 Å². The molecule has 4 rings (SSSR count). The van der Waals surface area contributed by atoms with Crippen molar-refractivity contribution < 1.29 is 9.53 Å². The molecule has 26 heavy (non-hydrogen) atoms. The van der Waals surface area contributed by atoms with E-state index in [0.29, 0.717) is 17.4 Å². The molecule has 1 aliphatic carbocycles. The number of likely N-dealkylation sites (tertiary alicyclic amines) is 1. The standard InChI is InChI=1S/C21H23ClN2O2/c22-17-8-6-16(7-9-17)21(11-2-3-12-21)20(25)24-14-10-18(15-24)26-19-5-1-4-13-23-19/h1,4-9,13,18H,2-3,10-12,14-15H2. The van der Waals surface area contributed by atoms with Crippen molar-refractivity contribution in [2.75, 3.05) is 13.1 Å². The van der Waals surface area contributed by atoms with Crippen LogP contribution in [-0.2, 0) is 10.2 Å². The quantitative estimate of drug-likeness (QED) is 0.808. The van der Waals surface area contributed by atoms with E-state index in [-0.39, 0.29) is 12.0 Å². The molecule has 0 bridgehead atoms. The summed E-state index contributed by atoms with van der Waals surface area (Å²) in [4.78, 5) is 19.7. The van der Waals surface area contributed by atoms with Gasteiger partial charge in [0.15, 0.2) is 0 Å². The molecule has 2 aliphatic rings. The van der Waals surface area contributed by atoms with Gasteiger partial charge >= 0.3 is 0 Å². The maximum absolute atomic E-state index is 13.5. The summed E-state index contributed by atoms with van der Waals surface area (Å²) >= 11 is 6.05. The lowest BCUT2D eigenvalue weighted by Gasteiger charge is -2.33. The van der Waals surface area contributed by atoms with E-state index in [9.17, 15) is 4.79 Å². The molecule has 0 N–H and O–H groups in total. The molecule has 1 aliphatic heterocycles. The van der Waals surface area contributed by atoms with E-state index in [2.05, 4.69) is 4.98 Å². The maximum Gasteiger partial charge on any atom is 0.233 e. The molecule has 1 atom stereocenters. The normalized spacial score (nSPS) is 21.7. The van der Waals surface area contributed by atoms with E-state index in [0.717, 1.165) is 44.2 Å². The van der Waals surface area contributed by atoms with E-state index in [1.165, 1.54) is 0 Å². The fourth-order valence-electron chi connectivity index (χ4n) is 4.27. The van der Waals surface area contributed by atoms with Gasteiger partial charge in [0.25, 0.3) is 0 Å². The summed E-state index contributed by atoms with van der Waals surface area (Å²) in [6.45, 7) is 1.37. The third-order valence-electron chi connectivity index (χ3n) is 5.62. The Balaban J connectivity index is 1.49. The molecule has 2 fully saturated rings. The predicted molar refractivity (Wildman–Crippen MR) is 101 cm³/mol. The van der Waals surface area contributed by atoms with Crippen LogP contribution >= 0.6 is 11.6 Å². The Kier molecular flexibility index (Phi) is 4.86. The van der Waals surface area contributed by atoms with Crippen molar-refractivity contribution in [3.8, 4) is 5.88 Å². The molecule has 136 valence electrons. The number of aromatic nitrogens is 1. The minimum absolute atomic E-state index is 0.0116. The molecule has 0 spiro atoms. The van der Waals surface area contributed by atoms with Crippen molar-refractivity contribution in [3.05, 3.63) is 59.2 Å². The van der Waals surface area contributed by atoms with Gasteiger partial charge in [-0.05, 0) is 36.6 Å².